The topological polar surface area (TPSA) is 12.0 Å². The van der Waals surface area contributed by atoms with Crippen LogP contribution < -0.4 is 5.32 Å². The Balaban J connectivity index is 1.75. The summed E-state index contributed by atoms with van der Waals surface area (Å²) in [5, 5.41) is 4.92. The first kappa shape index (κ1) is 12.2. The molecule has 0 atom stereocenters. The van der Waals surface area contributed by atoms with Crippen molar-refractivity contribution in [3.63, 3.8) is 0 Å². The van der Waals surface area contributed by atoms with Gasteiger partial charge in [-0.3, -0.25) is 0 Å². The first-order chi connectivity index (χ1) is 7.77. The van der Waals surface area contributed by atoms with E-state index in [0.29, 0.717) is 0 Å². The Morgan fingerprint density at radius 3 is 2.44 bits per heavy atom. The Kier molecular flexibility index (Phi) is 4.51. The van der Waals surface area contributed by atoms with Crippen LogP contribution in [0.1, 0.15) is 31.2 Å². The number of hydrogen-bond acceptors (Lipinski definition) is 1. The van der Waals surface area contributed by atoms with E-state index >= 15 is 0 Å². The molecule has 1 N–H and O–H groups in total. The van der Waals surface area contributed by atoms with Gasteiger partial charge in [-0.2, -0.15) is 0 Å². The van der Waals surface area contributed by atoms with Gasteiger partial charge >= 0.3 is 0 Å². The van der Waals surface area contributed by atoms with Gasteiger partial charge in [0.25, 0.3) is 0 Å². The van der Waals surface area contributed by atoms with Crippen molar-refractivity contribution >= 4 is 23.2 Å². The fourth-order valence-corrected chi connectivity index (χ4v) is 2.53. The van der Waals surface area contributed by atoms with Gasteiger partial charge in [0.15, 0.2) is 0 Å². The third kappa shape index (κ3) is 3.13. The van der Waals surface area contributed by atoms with Crippen LogP contribution in [-0.4, -0.2) is 6.54 Å². The largest absolute Gasteiger partial charge is 0.313 e. The highest BCUT2D eigenvalue weighted by Gasteiger charge is 2.16. The second-order valence-electron chi connectivity index (χ2n) is 4.46. The molecular weight excluding hydrogens is 241 g/mol. The summed E-state index contributed by atoms with van der Waals surface area (Å²) in [5.74, 6) is 0.953. The van der Waals surface area contributed by atoms with E-state index in [1.165, 1.54) is 25.7 Å². The average molecular weight is 258 g/mol. The Morgan fingerprint density at radius 1 is 1.19 bits per heavy atom. The van der Waals surface area contributed by atoms with E-state index in [9.17, 15) is 0 Å². The summed E-state index contributed by atoms with van der Waals surface area (Å²) < 4.78 is 0. The second-order valence-corrected chi connectivity index (χ2v) is 5.28. The van der Waals surface area contributed by atoms with Crippen molar-refractivity contribution in [2.45, 2.75) is 32.2 Å². The molecule has 1 aliphatic rings. The minimum Gasteiger partial charge on any atom is -0.313 e. The van der Waals surface area contributed by atoms with Crippen LogP contribution in [0.3, 0.4) is 0 Å². The molecule has 0 aromatic heterocycles. The van der Waals surface area contributed by atoms with E-state index in [2.05, 4.69) is 5.32 Å². The zero-order valence-electron chi connectivity index (χ0n) is 9.31. The molecular formula is C13H17Cl2N. The maximum atomic E-state index is 6.09. The Morgan fingerprint density at radius 2 is 1.88 bits per heavy atom. The molecule has 3 heteroatoms. The number of halogens is 2. The molecule has 2 rings (SSSR count). The second kappa shape index (κ2) is 5.90. The van der Waals surface area contributed by atoms with Gasteiger partial charge in [-0.15, -0.1) is 0 Å². The quantitative estimate of drug-likeness (QED) is 0.777. The summed E-state index contributed by atoms with van der Waals surface area (Å²) in [4.78, 5) is 0. The van der Waals surface area contributed by atoms with Crippen LogP contribution in [0.15, 0.2) is 18.2 Å². The molecule has 88 valence electrons. The molecule has 0 unspecified atom stereocenters. The first-order valence-electron chi connectivity index (χ1n) is 5.91. The molecule has 1 nitrogen and oxygen atoms in total. The van der Waals surface area contributed by atoms with Crippen LogP contribution in [0.4, 0.5) is 0 Å². The molecule has 16 heavy (non-hydrogen) atoms. The maximum Gasteiger partial charge on any atom is 0.0465 e. The lowest BCUT2D eigenvalue weighted by Crippen LogP contribution is -2.21. The van der Waals surface area contributed by atoms with Gasteiger partial charge in [0, 0.05) is 22.2 Å². The molecule has 0 radical (unpaired) electrons. The fraction of sp³-hybridized carbons (Fsp3) is 0.538. The molecule has 0 saturated heterocycles. The molecule has 0 bridgehead atoms. The summed E-state index contributed by atoms with van der Waals surface area (Å²) >= 11 is 12.2. The average Bonchev–Trinajstić information content (AvgIpc) is 2.19. The van der Waals surface area contributed by atoms with Gasteiger partial charge in [-0.1, -0.05) is 48.5 Å². The van der Waals surface area contributed by atoms with Crippen molar-refractivity contribution in [2.24, 2.45) is 5.92 Å². The molecule has 0 heterocycles. The molecule has 1 aromatic rings. The Hall–Kier alpha value is -0.240. The third-order valence-electron chi connectivity index (χ3n) is 3.32. The highest BCUT2D eigenvalue weighted by Crippen LogP contribution is 2.29. The predicted octanol–water partition coefficient (Wildman–Crippen LogP) is 4.27. The number of hydrogen-bond donors (Lipinski definition) is 1. The van der Waals surface area contributed by atoms with Crippen molar-refractivity contribution in [1.29, 1.82) is 0 Å². The lowest BCUT2D eigenvalue weighted by molar-refractivity contribution is 0.292. The van der Waals surface area contributed by atoms with Gasteiger partial charge in [-0.05, 0) is 31.0 Å². The molecule has 0 spiro atoms. The first-order valence-corrected chi connectivity index (χ1v) is 6.66. The SMILES string of the molecule is Clc1cccc(Cl)c1CNCCC1CCC1. The van der Waals surface area contributed by atoms with Crippen LogP contribution in [0.2, 0.25) is 10.0 Å². The van der Waals surface area contributed by atoms with Crippen molar-refractivity contribution in [1.82, 2.24) is 5.32 Å². The monoisotopic (exact) mass is 257 g/mol. The molecule has 0 amide bonds. The predicted molar refractivity (Wildman–Crippen MR) is 70.1 cm³/mol. The molecule has 1 aromatic carbocycles. The molecule has 0 aliphatic heterocycles. The normalized spacial score (nSPS) is 16.1. The third-order valence-corrected chi connectivity index (χ3v) is 4.03. The van der Waals surface area contributed by atoms with E-state index < -0.39 is 0 Å². The van der Waals surface area contributed by atoms with Crippen LogP contribution in [-0.2, 0) is 6.54 Å². The minimum atomic E-state index is 0.753. The van der Waals surface area contributed by atoms with Crippen molar-refractivity contribution in [3.05, 3.63) is 33.8 Å². The molecule has 1 fully saturated rings. The Bertz CT molecular complexity index is 328. The van der Waals surface area contributed by atoms with E-state index in [1.54, 1.807) is 0 Å². The fourth-order valence-electron chi connectivity index (χ4n) is 2.00. The number of rotatable bonds is 5. The van der Waals surface area contributed by atoms with Gasteiger partial charge in [0.1, 0.15) is 0 Å². The maximum absolute atomic E-state index is 6.09. The summed E-state index contributed by atoms with van der Waals surface area (Å²) in [6.07, 6.45) is 5.52. The minimum absolute atomic E-state index is 0.753. The van der Waals surface area contributed by atoms with Crippen LogP contribution in [0.5, 0.6) is 0 Å². The van der Waals surface area contributed by atoms with Gasteiger partial charge < -0.3 is 5.32 Å². The molecule has 1 saturated carbocycles. The summed E-state index contributed by atoms with van der Waals surface area (Å²) in [6, 6.07) is 5.65. The van der Waals surface area contributed by atoms with Crippen LogP contribution in [0, 0.1) is 5.92 Å². The van der Waals surface area contributed by atoms with E-state index in [0.717, 1.165) is 34.6 Å². The van der Waals surface area contributed by atoms with Gasteiger partial charge in [-0.25, -0.2) is 0 Å². The standard InChI is InChI=1S/C13H17Cl2N/c14-12-5-2-6-13(15)11(12)9-16-8-7-10-3-1-4-10/h2,5-6,10,16H,1,3-4,7-9H2. The van der Waals surface area contributed by atoms with E-state index in [4.69, 9.17) is 23.2 Å². The molecule has 1 aliphatic carbocycles. The summed E-state index contributed by atoms with van der Waals surface area (Å²) in [6.45, 7) is 1.83. The number of nitrogens with one attached hydrogen (secondary N) is 1. The number of benzene rings is 1. The summed E-state index contributed by atoms with van der Waals surface area (Å²) in [7, 11) is 0. The van der Waals surface area contributed by atoms with E-state index in [-0.39, 0.29) is 0 Å². The zero-order valence-corrected chi connectivity index (χ0v) is 10.8. The highest BCUT2D eigenvalue weighted by atomic mass is 35.5. The van der Waals surface area contributed by atoms with Crippen LogP contribution >= 0.6 is 23.2 Å². The smallest absolute Gasteiger partial charge is 0.0465 e. The zero-order chi connectivity index (χ0) is 11.4. The van der Waals surface area contributed by atoms with Crippen LogP contribution in [0.25, 0.3) is 0 Å². The summed E-state index contributed by atoms with van der Waals surface area (Å²) in [5.41, 5.74) is 1.01. The lowest BCUT2D eigenvalue weighted by Gasteiger charge is -2.25. The Labute approximate surface area is 107 Å². The van der Waals surface area contributed by atoms with Crippen molar-refractivity contribution < 1.29 is 0 Å². The van der Waals surface area contributed by atoms with Gasteiger partial charge in [0.05, 0.1) is 0 Å². The van der Waals surface area contributed by atoms with Gasteiger partial charge in [0.2, 0.25) is 0 Å². The van der Waals surface area contributed by atoms with Crippen molar-refractivity contribution in [2.75, 3.05) is 6.54 Å². The van der Waals surface area contributed by atoms with E-state index in [1.807, 2.05) is 18.2 Å². The lowest BCUT2D eigenvalue weighted by atomic mass is 9.83. The highest BCUT2D eigenvalue weighted by molar-refractivity contribution is 6.35. The van der Waals surface area contributed by atoms with Crippen molar-refractivity contribution in [3.8, 4) is 0 Å².